The van der Waals surface area contributed by atoms with Crippen LogP contribution in [0.1, 0.15) is 15.9 Å². The highest BCUT2D eigenvalue weighted by Gasteiger charge is 2.08. The van der Waals surface area contributed by atoms with Crippen molar-refractivity contribution in [3.8, 4) is 5.75 Å². The Morgan fingerprint density at radius 3 is 2.70 bits per heavy atom. The molecule has 2 rings (SSSR count). The largest absolute Gasteiger partial charge is 0.488 e. The van der Waals surface area contributed by atoms with Crippen molar-refractivity contribution in [1.82, 2.24) is 0 Å². The monoisotopic (exact) mass is 354 g/mol. The summed E-state index contributed by atoms with van der Waals surface area (Å²) < 4.78 is 6.36. The molecule has 4 nitrogen and oxygen atoms in total. The minimum absolute atomic E-state index is 0.264. The summed E-state index contributed by atoms with van der Waals surface area (Å²) in [6.45, 7) is 0.264. The molecule has 0 aliphatic heterocycles. The first-order valence-electron chi connectivity index (χ1n) is 5.74. The summed E-state index contributed by atoms with van der Waals surface area (Å²) in [7, 11) is 0. The quantitative estimate of drug-likeness (QED) is 0.825. The molecule has 1 amide bonds. The zero-order chi connectivity index (χ0) is 14.7. The zero-order valence-corrected chi connectivity index (χ0v) is 12.7. The fraction of sp³-hybridized carbons (Fsp3) is 0.0714. The Morgan fingerprint density at radius 1 is 1.30 bits per heavy atom. The number of primary amides is 1. The van der Waals surface area contributed by atoms with Crippen LogP contribution in [0.25, 0.3) is 0 Å². The Bertz CT molecular complexity index is 662. The number of amides is 1. The average Bonchev–Trinajstić information content (AvgIpc) is 2.41. The normalized spacial score (nSPS) is 10.3. The summed E-state index contributed by atoms with van der Waals surface area (Å²) in [6.07, 6.45) is 0. The van der Waals surface area contributed by atoms with Gasteiger partial charge in [0.25, 0.3) is 0 Å². The van der Waals surface area contributed by atoms with Crippen LogP contribution in [0.4, 0.5) is 5.69 Å². The van der Waals surface area contributed by atoms with Gasteiger partial charge in [0.1, 0.15) is 12.4 Å². The van der Waals surface area contributed by atoms with E-state index in [1.54, 1.807) is 30.3 Å². The van der Waals surface area contributed by atoms with Crippen LogP contribution in [0.3, 0.4) is 0 Å². The molecule has 6 heteroatoms. The molecule has 0 saturated heterocycles. The third-order valence-electron chi connectivity index (χ3n) is 2.71. The van der Waals surface area contributed by atoms with Crippen LogP contribution >= 0.6 is 27.5 Å². The van der Waals surface area contributed by atoms with Gasteiger partial charge in [0.2, 0.25) is 5.91 Å². The molecule has 0 atom stereocenters. The van der Waals surface area contributed by atoms with Gasteiger partial charge in [-0.3, -0.25) is 4.79 Å². The first-order valence-corrected chi connectivity index (χ1v) is 6.91. The van der Waals surface area contributed by atoms with E-state index in [2.05, 4.69) is 15.9 Å². The van der Waals surface area contributed by atoms with Gasteiger partial charge in [0.05, 0.1) is 4.47 Å². The van der Waals surface area contributed by atoms with E-state index in [0.29, 0.717) is 26.5 Å². The van der Waals surface area contributed by atoms with Gasteiger partial charge in [-0.25, -0.2) is 0 Å². The highest BCUT2D eigenvalue weighted by molar-refractivity contribution is 9.10. The second kappa shape index (κ2) is 6.15. The smallest absolute Gasteiger partial charge is 0.248 e. The van der Waals surface area contributed by atoms with E-state index < -0.39 is 5.91 Å². The minimum atomic E-state index is -0.516. The van der Waals surface area contributed by atoms with Gasteiger partial charge in [0, 0.05) is 21.8 Å². The van der Waals surface area contributed by atoms with E-state index in [1.165, 1.54) is 6.07 Å². The second-order valence-electron chi connectivity index (χ2n) is 4.12. The number of nitrogens with two attached hydrogens (primary N) is 2. The molecular formula is C14H12BrClN2O2. The van der Waals surface area contributed by atoms with Gasteiger partial charge < -0.3 is 16.2 Å². The molecule has 0 aromatic heterocycles. The molecule has 0 bridgehead atoms. The van der Waals surface area contributed by atoms with Gasteiger partial charge >= 0.3 is 0 Å². The van der Waals surface area contributed by atoms with Gasteiger partial charge in [-0.2, -0.15) is 0 Å². The van der Waals surface area contributed by atoms with E-state index in [-0.39, 0.29) is 6.61 Å². The average molecular weight is 356 g/mol. The molecule has 0 aliphatic rings. The van der Waals surface area contributed by atoms with Crippen molar-refractivity contribution in [3.63, 3.8) is 0 Å². The summed E-state index contributed by atoms with van der Waals surface area (Å²) in [6, 6.07) is 10.2. The Morgan fingerprint density at radius 2 is 2.05 bits per heavy atom. The van der Waals surface area contributed by atoms with Crippen molar-refractivity contribution in [2.75, 3.05) is 5.73 Å². The molecule has 0 spiro atoms. The maximum Gasteiger partial charge on any atom is 0.248 e. The number of anilines is 1. The summed E-state index contributed by atoms with van der Waals surface area (Å²) in [5, 5.41) is 0.432. The predicted octanol–water partition coefficient (Wildman–Crippen LogP) is 3.36. The lowest BCUT2D eigenvalue weighted by Crippen LogP contribution is -2.11. The molecule has 0 radical (unpaired) electrons. The van der Waals surface area contributed by atoms with Crippen LogP contribution in [0.15, 0.2) is 40.9 Å². The van der Waals surface area contributed by atoms with E-state index in [4.69, 9.17) is 27.8 Å². The van der Waals surface area contributed by atoms with Crippen LogP contribution in [0.5, 0.6) is 5.75 Å². The Kier molecular flexibility index (Phi) is 4.52. The van der Waals surface area contributed by atoms with Crippen molar-refractivity contribution in [3.05, 3.63) is 57.0 Å². The Labute approximate surface area is 129 Å². The summed E-state index contributed by atoms with van der Waals surface area (Å²) >= 11 is 9.45. The van der Waals surface area contributed by atoms with Crippen LogP contribution in [-0.4, -0.2) is 5.91 Å². The molecule has 2 aromatic carbocycles. The molecule has 0 aliphatic carbocycles. The van der Waals surface area contributed by atoms with Gasteiger partial charge in [-0.1, -0.05) is 23.7 Å². The number of hydrogen-bond acceptors (Lipinski definition) is 3. The number of halogens is 2. The number of nitrogen functional groups attached to an aromatic ring is 1. The Hall–Kier alpha value is -1.72. The first-order chi connectivity index (χ1) is 9.49. The Balaban J connectivity index is 2.15. The highest BCUT2D eigenvalue weighted by atomic mass is 79.9. The summed E-state index contributed by atoms with van der Waals surface area (Å²) in [5.41, 5.74) is 12.7. The fourth-order valence-electron chi connectivity index (χ4n) is 1.61. The maximum absolute atomic E-state index is 11.0. The first kappa shape index (κ1) is 14.7. The predicted molar refractivity (Wildman–Crippen MR) is 82.9 cm³/mol. The van der Waals surface area contributed by atoms with Crippen molar-refractivity contribution < 1.29 is 9.53 Å². The number of rotatable bonds is 4. The molecule has 2 aromatic rings. The van der Waals surface area contributed by atoms with Gasteiger partial charge in [-0.05, 0) is 40.2 Å². The number of carbonyl (C=O) groups is 1. The van der Waals surface area contributed by atoms with Crippen molar-refractivity contribution in [2.45, 2.75) is 6.61 Å². The minimum Gasteiger partial charge on any atom is -0.488 e. The highest BCUT2D eigenvalue weighted by Crippen LogP contribution is 2.31. The topological polar surface area (TPSA) is 78.3 Å². The fourth-order valence-corrected chi connectivity index (χ4v) is 2.23. The van der Waals surface area contributed by atoms with E-state index in [0.717, 1.165) is 5.56 Å². The van der Waals surface area contributed by atoms with Crippen molar-refractivity contribution >= 4 is 39.1 Å². The number of benzene rings is 2. The third kappa shape index (κ3) is 3.23. The van der Waals surface area contributed by atoms with Crippen molar-refractivity contribution in [2.24, 2.45) is 5.73 Å². The van der Waals surface area contributed by atoms with E-state index in [9.17, 15) is 4.79 Å². The van der Waals surface area contributed by atoms with Crippen LogP contribution in [0.2, 0.25) is 5.02 Å². The number of hydrogen-bond donors (Lipinski definition) is 2. The second-order valence-corrected chi connectivity index (χ2v) is 5.32. The molecule has 0 saturated carbocycles. The maximum atomic E-state index is 11.0. The molecular weight excluding hydrogens is 344 g/mol. The lowest BCUT2D eigenvalue weighted by molar-refractivity contribution is 0.1000. The summed E-state index contributed by atoms with van der Waals surface area (Å²) in [4.78, 5) is 11.0. The van der Waals surface area contributed by atoms with Crippen LogP contribution in [-0.2, 0) is 6.61 Å². The lowest BCUT2D eigenvalue weighted by atomic mass is 10.1. The molecule has 0 unspecified atom stereocenters. The SMILES string of the molecule is NC(=O)c1ccc(COc2cccc(N)c2Br)c(Cl)c1. The van der Waals surface area contributed by atoms with Gasteiger partial charge in [-0.15, -0.1) is 0 Å². The molecule has 0 fully saturated rings. The third-order valence-corrected chi connectivity index (χ3v) is 3.91. The molecule has 0 heterocycles. The number of carbonyl (C=O) groups excluding carboxylic acids is 1. The zero-order valence-electron chi connectivity index (χ0n) is 10.4. The number of ether oxygens (including phenoxy) is 1. The van der Waals surface area contributed by atoms with E-state index in [1.807, 2.05) is 0 Å². The van der Waals surface area contributed by atoms with Crippen LogP contribution < -0.4 is 16.2 Å². The van der Waals surface area contributed by atoms with E-state index >= 15 is 0 Å². The molecule has 20 heavy (non-hydrogen) atoms. The lowest BCUT2D eigenvalue weighted by Gasteiger charge is -2.11. The summed E-state index contributed by atoms with van der Waals surface area (Å²) in [5.74, 6) is 0.109. The molecule has 4 N–H and O–H groups in total. The van der Waals surface area contributed by atoms with Crippen molar-refractivity contribution in [1.29, 1.82) is 0 Å². The standard InChI is InChI=1S/C14H12BrClN2O2/c15-13-11(17)2-1-3-12(13)20-7-9-5-4-8(14(18)19)6-10(9)16/h1-6H,7,17H2,(H2,18,19). The molecule has 104 valence electrons. The van der Waals surface area contributed by atoms with Crippen LogP contribution in [0, 0.1) is 0 Å². The van der Waals surface area contributed by atoms with Gasteiger partial charge in [0.15, 0.2) is 0 Å².